The molecule has 0 radical (unpaired) electrons. The number of fused-ring (bicyclic) bond motifs is 1. The summed E-state index contributed by atoms with van der Waals surface area (Å²) in [5.74, 6) is 0.911. The van der Waals surface area contributed by atoms with Crippen LogP contribution in [0.5, 0.6) is 11.5 Å². The maximum atomic E-state index is 9.27. The fourth-order valence-electron chi connectivity index (χ4n) is 1.31. The molecule has 72 valence electrons. The van der Waals surface area contributed by atoms with E-state index in [1.54, 1.807) is 19.2 Å². The number of benzene rings is 1. The summed E-state index contributed by atoms with van der Waals surface area (Å²) >= 11 is 0. The quantitative estimate of drug-likeness (QED) is 0.677. The van der Waals surface area contributed by atoms with Gasteiger partial charge in [-0.3, -0.25) is 4.99 Å². The first-order valence-corrected chi connectivity index (χ1v) is 4.39. The van der Waals surface area contributed by atoms with Crippen LogP contribution in [0.25, 0.3) is 6.08 Å². The Labute approximate surface area is 82.4 Å². The zero-order valence-electron chi connectivity index (χ0n) is 7.90. The largest absolute Gasteiger partial charge is 0.508 e. The molecule has 0 unspecified atom stereocenters. The van der Waals surface area contributed by atoms with Crippen molar-refractivity contribution in [3.8, 4) is 11.5 Å². The number of rotatable bonds is 0. The average molecular weight is 189 g/mol. The van der Waals surface area contributed by atoms with Crippen molar-refractivity contribution in [3.63, 3.8) is 0 Å². The Hall–Kier alpha value is -1.77. The van der Waals surface area contributed by atoms with Crippen molar-refractivity contribution < 1.29 is 9.84 Å². The molecule has 1 aliphatic rings. The highest BCUT2D eigenvalue weighted by molar-refractivity contribution is 6.00. The summed E-state index contributed by atoms with van der Waals surface area (Å²) in [5.41, 5.74) is 1.85. The van der Waals surface area contributed by atoms with E-state index < -0.39 is 0 Å². The van der Waals surface area contributed by atoms with Gasteiger partial charge in [0.2, 0.25) is 0 Å². The molecule has 1 aromatic carbocycles. The fraction of sp³-hybridized carbons (Fsp3) is 0.182. The van der Waals surface area contributed by atoms with Crippen molar-refractivity contribution in [1.29, 1.82) is 0 Å². The maximum Gasteiger partial charge on any atom is 0.130 e. The number of phenols is 1. The van der Waals surface area contributed by atoms with Gasteiger partial charge >= 0.3 is 0 Å². The van der Waals surface area contributed by atoms with Gasteiger partial charge in [0.15, 0.2) is 0 Å². The Balaban J connectivity index is 2.41. The number of hydrogen-bond acceptors (Lipinski definition) is 3. The van der Waals surface area contributed by atoms with E-state index in [4.69, 9.17) is 4.74 Å². The van der Waals surface area contributed by atoms with Gasteiger partial charge in [-0.25, -0.2) is 0 Å². The molecule has 1 aliphatic heterocycles. The summed E-state index contributed by atoms with van der Waals surface area (Å²) in [6, 6.07) is 5.07. The Morgan fingerprint density at radius 1 is 1.36 bits per heavy atom. The van der Waals surface area contributed by atoms with Gasteiger partial charge in [-0.1, -0.05) is 0 Å². The third-order valence-corrected chi connectivity index (χ3v) is 2.12. The van der Waals surface area contributed by atoms with E-state index in [-0.39, 0.29) is 5.75 Å². The number of aromatic hydroxyl groups is 1. The summed E-state index contributed by atoms with van der Waals surface area (Å²) in [4.78, 5) is 4.06. The predicted molar refractivity (Wildman–Crippen MR) is 56.0 cm³/mol. The summed E-state index contributed by atoms with van der Waals surface area (Å²) < 4.78 is 5.48. The number of ether oxygens (including phenoxy) is 1. The molecule has 3 heteroatoms. The predicted octanol–water partition coefficient (Wildman–Crippen LogP) is 1.87. The maximum absolute atomic E-state index is 9.27. The van der Waals surface area contributed by atoms with Gasteiger partial charge in [0, 0.05) is 18.7 Å². The Kier molecular flexibility index (Phi) is 2.23. The van der Waals surface area contributed by atoms with E-state index >= 15 is 0 Å². The van der Waals surface area contributed by atoms with Crippen molar-refractivity contribution in [2.75, 3.05) is 13.7 Å². The van der Waals surface area contributed by atoms with Crippen LogP contribution in [0.2, 0.25) is 0 Å². The molecule has 0 saturated heterocycles. The van der Waals surface area contributed by atoms with Gasteiger partial charge in [0.1, 0.15) is 18.1 Å². The third kappa shape index (κ3) is 1.62. The summed E-state index contributed by atoms with van der Waals surface area (Å²) in [7, 11) is 1.73. The minimum atomic E-state index is 0.217. The molecule has 2 rings (SSSR count). The Morgan fingerprint density at radius 3 is 3.00 bits per heavy atom. The van der Waals surface area contributed by atoms with E-state index in [2.05, 4.69) is 4.99 Å². The van der Waals surface area contributed by atoms with Gasteiger partial charge in [0.05, 0.1) is 5.71 Å². The Bertz CT molecular complexity index is 408. The molecule has 0 amide bonds. The zero-order valence-corrected chi connectivity index (χ0v) is 7.90. The Morgan fingerprint density at radius 2 is 2.21 bits per heavy atom. The van der Waals surface area contributed by atoms with E-state index in [0.29, 0.717) is 12.4 Å². The molecule has 14 heavy (non-hydrogen) atoms. The molecule has 0 atom stereocenters. The molecule has 1 N–H and O–H groups in total. The van der Waals surface area contributed by atoms with Crippen LogP contribution in [0.4, 0.5) is 0 Å². The first kappa shape index (κ1) is 8.81. The van der Waals surface area contributed by atoms with Gasteiger partial charge in [-0.15, -0.1) is 0 Å². The second-order valence-corrected chi connectivity index (χ2v) is 3.06. The molecular weight excluding hydrogens is 178 g/mol. The summed E-state index contributed by atoms with van der Waals surface area (Å²) in [6.07, 6.45) is 3.85. The van der Waals surface area contributed by atoms with Gasteiger partial charge in [-0.2, -0.15) is 0 Å². The lowest BCUT2D eigenvalue weighted by Gasteiger charge is -2.06. The average Bonchev–Trinajstić information content (AvgIpc) is 2.39. The molecule has 0 aliphatic carbocycles. The first-order chi connectivity index (χ1) is 6.79. The number of phenolic OH excluding ortho intramolecular Hbond substituents is 1. The fourth-order valence-corrected chi connectivity index (χ4v) is 1.31. The molecule has 1 aromatic rings. The lowest BCUT2D eigenvalue weighted by molar-refractivity contribution is 0.373. The van der Waals surface area contributed by atoms with Crippen LogP contribution in [-0.4, -0.2) is 24.5 Å². The van der Waals surface area contributed by atoms with Crippen LogP contribution < -0.4 is 4.74 Å². The summed E-state index contributed by atoms with van der Waals surface area (Å²) in [5, 5.41) is 9.27. The number of nitrogens with zero attached hydrogens (tertiary/aromatic N) is 1. The number of aliphatic imine (C=N–C) groups is 1. The van der Waals surface area contributed by atoms with E-state index in [9.17, 15) is 5.11 Å². The first-order valence-electron chi connectivity index (χ1n) is 4.39. The number of hydrogen-bond donors (Lipinski definition) is 1. The topological polar surface area (TPSA) is 41.8 Å². The van der Waals surface area contributed by atoms with Crippen LogP contribution in [0.3, 0.4) is 0 Å². The molecule has 3 nitrogen and oxygen atoms in total. The van der Waals surface area contributed by atoms with Crippen molar-refractivity contribution in [2.45, 2.75) is 0 Å². The van der Waals surface area contributed by atoms with Crippen molar-refractivity contribution in [3.05, 3.63) is 29.8 Å². The third-order valence-electron chi connectivity index (χ3n) is 2.12. The molecule has 0 spiro atoms. The van der Waals surface area contributed by atoms with Crippen LogP contribution in [0.1, 0.15) is 5.56 Å². The van der Waals surface area contributed by atoms with Crippen molar-refractivity contribution in [2.24, 2.45) is 4.99 Å². The van der Waals surface area contributed by atoms with Crippen LogP contribution in [-0.2, 0) is 0 Å². The van der Waals surface area contributed by atoms with E-state index in [0.717, 1.165) is 11.3 Å². The minimum Gasteiger partial charge on any atom is -0.508 e. The minimum absolute atomic E-state index is 0.217. The summed E-state index contributed by atoms with van der Waals surface area (Å²) in [6.45, 7) is 0.448. The highest BCUT2D eigenvalue weighted by Crippen LogP contribution is 2.26. The second kappa shape index (κ2) is 3.54. The lowest BCUT2D eigenvalue weighted by atomic mass is 10.2. The van der Waals surface area contributed by atoms with Gasteiger partial charge in [-0.05, 0) is 24.3 Å². The van der Waals surface area contributed by atoms with Crippen LogP contribution in [0.15, 0.2) is 29.3 Å². The highest BCUT2D eigenvalue weighted by Gasteiger charge is 2.07. The molecular formula is C11H11NO2. The van der Waals surface area contributed by atoms with Gasteiger partial charge in [0.25, 0.3) is 0 Å². The van der Waals surface area contributed by atoms with Crippen LogP contribution in [0, 0.1) is 0 Å². The zero-order chi connectivity index (χ0) is 9.97. The molecule has 1 heterocycles. The molecule has 0 bridgehead atoms. The molecule has 0 aromatic heterocycles. The monoisotopic (exact) mass is 189 g/mol. The van der Waals surface area contributed by atoms with Crippen molar-refractivity contribution >= 4 is 11.8 Å². The van der Waals surface area contributed by atoms with E-state index in [1.165, 1.54) is 0 Å². The van der Waals surface area contributed by atoms with Crippen LogP contribution >= 0.6 is 0 Å². The van der Waals surface area contributed by atoms with E-state index in [1.807, 2.05) is 18.2 Å². The second-order valence-electron chi connectivity index (χ2n) is 3.06. The SMILES string of the molecule is CN=C1C=Cc2ccc(O)cc2OC1. The highest BCUT2D eigenvalue weighted by atomic mass is 16.5. The molecule has 0 saturated carbocycles. The normalized spacial score (nSPS) is 17.4. The lowest BCUT2D eigenvalue weighted by Crippen LogP contribution is -2.07. The molecule has 0 fully saturated rings. The van der Waals surface area contributed by atoms with Crippen molar-refractivity contribution in [1.82, 2.24) is 0 Å². The standard InChI is InChI=1S/C11H11NO2/c1-12-9-4-2-8-3-5-10(13)6-11(8)14-7-9/h2-6,13H,7H2,1H3. The van der Waals surface area contributed by atoms with Gasteiger partial charge < -0.3 is 9.84 Å². The smallest absolute Gasteiger partial charge is 0.130 e.